The van der Waals surface area contributed by atoms with Gasteiger partial charge in [-0.15, -0.1) is 0 Å². The lowest BCUT2D eigenvalue weighted by molar-refractivity contribution is 0.0952. The Balaban J connectivity index is 1.00. The number of para-hydroxylation sites is 4. The van der Waals surface area contributed by atoms with Crippen molar-refractivity contribution in [3.63, 3.8) is 0 Å². The van der Waals surface area contributed by atoms with E-state index >= 15 is 0 Å². The number of aromatic nitrogens is 2. The molecule has 0 bridgehead atoms. The highest BCUT2D eigenvalue weighted by atomic mass is 16.5. The lowest BCUT2D eigenvalue weighted by atomic mass is 10.1. The van der Waals surface area contributed by atoms with Crippen LogP contribution < -0.4 is 24.3 Å². The second kappa shape index (κ2) is 14.3. The van der Waals surface area contributed by atoms with E-state index < -0.39 is 12.2 Å². The second-order valence-corrected chi connectivity index (χ2v) is 11.8. The maximum absolute atomic E-state index is 11.3. The van der Waals surface area contributed by atoms with Crippen LogP contribution in [0.2, 0.25) is 0 Å². The number of aliphatic hydroxyl groups excluding tert-OH is 2. The number of aromatic amines is 1. The summed E-state index contributed by atoms with van der Waals surface area (Å²) in [5, 5.41) is 29.2. The Labute approximate surface area is 278 Å². The Kier molecular flexibility index (Phi) is 9.33. The summed E-state index contributed by atoms with van der Waals surface area (Å²) in [5.74, 6) is 2.78. The van der Waals surface area contributed by atoms with Crippen LogP contribution in [0.25, 0.3) is 43.6 Å². The van der Waals surface area contributed by atoms with Crippen LogP contribution >= 0.6 is 0 Å². The minimum atomic E-state index is -0.770. The number of methoxy groups -OCH3 is 1. The fourth-order valence-electron chi connectivity index (χ4n) is 6.31. The normalized spacial score (nSPS) is 12.9. The van der Waals surface area contributed by atoms with Gasteiger partial charge in [-0.1, -0.05) is 60.7 Å². The Morgan fingerprint density at radius 2 is 1.25 bits per heavy atom. The highest BCUT2D eigenvalue weighted by Gasteiger charge is 2.19. The Hall–Kier alpha value is -5.22. The number of H-pyrrole nitrogens is 1. The standard InChI is InChI=1S/C39H39N3O6/c1-45-34-16-6-7-17-35(34)46-21-20-40-22-26(43)24-47-37-19-9-15-33-39(37)29-11-3-5-14-32(29)42(33)23-27(44)25-48-36-18-8-13-31-38(36)28-10-2-4-12-30(28)41-31/h2-19,26-27,40-41,43-44H,20-25H2,1H3/t26-,27-/m1/s1. The first-order valence-corrected chi connectivity index (χ1v) is 16.2. The number of nitrogens with one attached hydrogen (secondary N) is 2. The molecule has 0 aliphatic heterocycles. The van der Waals surface area contributed by atoms with Crippen LogP contribution in [0.15, 0.2) is 109 Å². The van der Waals surface area contributed by atoms with E-state index in [0.717, 1.165) is 49.4 Å². The van der Waals surface area contributed by atoms with Crippen LogP contribution in [0.5, 0.6) is 23.0 Å². The van der Waals surface area contributed by atoms with Crippen molar-refractivity contribution in [1.82, 2.24) is 14.9 Å². The maximum atomic E-state index is 11.3. The largest absolute Gasteiger partial charge is 0.493 e. The minimum Gasteiger partial charge on any atom is -0.493 e. The van der Waals surface area contributed by atoms with Crippen LogP contribution in [0, 0.1) is 0 Å². The fraction of sp³-hybridized carbons (Fsp3) is 0.231. The molecule has 0 saturated carbocycles. The number of nitrogens with zero attached hydrogens (tertiary/aromatic N) is 1. The summed E-state index contributed by atoms with van der Waals surface area (Å²) in [6.45, 7) is 1.93. The lowest BCUT2D eigenvalue weighted by Crippen LogP contribution is -2.33. The number of hydrogen-bond donors (Lipinski definition) is 4. The van der Waals surface area contributed by atoms with E-state index in [-0.39, 0.29) is 13.2 Å². The summed E-state index contributed by atoms with van der Waals surface area (Å²) >= 11 is 0. The quantitative estimate of drug-likeness (QED) is 0.0972. The van der Waals surface area contributed by atoms with Crippen LogP contribution in [-0.4, -0.2) is 72.0 Å². The molecule has 0 fully saturated rings. The number of benzene rings is 5. The van der Waals surface area contributed by atoms with Crippen molar-refractivity contribution in [2.75, 3.05) is 40.0 Å². The van der Waals surface area contributed by atoms with Gasteiger partial charge in [0.15, 0.2) is 11.5 Å². The lowest BCUT2D eigenvalue weighted by Gasteiger charge is -2.16. The zero-order chi connectivity index (χ0) is 32.9. The van der Waals surface area contributed by atoms with Gasteiger partial charge >= 0.3 is 0 Å². The summed E-state index contributed by atoms with van der Waals surface area (Å²) in [6.07, 6.45) is -1.49. The Morgan fingerprint density at radius 3 is 2.08 bits per heavy atom. The molecular formula is C39H39N3O6. The van der Waals surface area contributed by atoms with Crippen LogP contribution in [0.1, 0.15) is 0 Å². The summed E-state index contributed by atoms with van der Waals surface area (Å²) in [5.41, 5.74) is 3.97. The molecule has 2 heterocycles. The van der Waals surface area contributed by atoms with Crippen molar-refractivity contribution in [1.29, 1.82) is 0 Å². The van der Waals surface area contributed by atoms with Crippen molar-refractivity contribution in [3.8, 4) is 23.0 Å². The van der Waals surface area contributed by atoms with E-state index in [1.54, 1.807) is 7.11 Å². The van der Waals surface area contributed by atoms with Crippen LogP contribution in [0.3, 0.4) is 0 Å². The van der Waals surface area contributed by atoms with E-state index in [0.29, 0.717) is 43.5 Å². The number of ether oxygens (including phenoxy) is 4. The van der Waals surface area contributed by atoms with Gasteiger partial charge in [-0.05, 0) is 48.5 Å². The average molecular weight is 646 g/mol. The predicted octanol–water partition coefficient (Wildman–Crippen LogP) is 6.29. The smallest absolute Gasteiger partial charge is 0.161 e. The third kappa shape index (κ3) is 6.48. The fourth-order valence-corrected chi connectivity index (χ4v) is 6.31. The van der Waals surface area contributed by atoms with Gasteiger partial charge in [-0.2, -0.15) is 0 Å². The highest BCUT2D eigenvalue weighted by Crippen LogP contribution is 2.37. The van der Waals surface area contributed by atoms with Gasteiger partial charge in [0.25, 0.3) is 0 Å². The first kappa shape index (κ1) is 31.4. The van der Waals surface area contributed by atoms with Gasteiger partial charge in [0, 0.05) is 45.7 Å². The number of aliphatic hydroxyl groups is 2. The number of fused-ring (bicyclic) bond motifs is 6. The topological polar surface area (TPSA) is 110 Å². The molecule has 7 rings (SSSR count). The molecule has 7 aromatic rings. The molecular weight excluding hydrogens is 606 g/mol. The van der Waals surface area contributed by atoms with E-state index in [4.69, 9.17) is 18.9 Å². The monoisotopic (exact) mass is 645 g/mol. The average Bonchev–Trinajstić information content (AvgIpc) is 3.66. The number of rotatable bonds is 15. The van der Waals surface area contributed by atoms with E-state index in [1.807, 2.05) is 97.1 Å². The molecule has 0 aliphatic rings. The zero-order valence-electron chi connectivity index (χ0n) is 26.8. The van der Waals surface area contributed by atoms with Crippen molar-refractivity contribution < 1.29 is 29.2 Å². The minimum absolute atomic E-state index is 0.120. The molecule has 0 spiro atoms. The van der Waals surface area contributed by atoms with Crippen molar-refractivity contribution in [3.05, 3.63) is 109 Å². The molecule has 9 nitrogen and oxygen atoms in total. The molecule has 9 heteroatoms. The zero-order valence-corrected chi connectivity index (χ0v) is 26.8. The van der Waals surface area contributed by atoms with Crippen molar-refractivity contribution in [2.45, 2.75) is 18.8 Å². The predicted molar refractivity (Wildman–Crippen MR) is 190 cm³/mol. The molecule has 0 saturated heterocycles. The van der Waals surface area contributed by atoms with Gasteiger partial charge < -0.3 is 44.0 Å². The summed E-state index contributed by atoms with van der Waals surface area (Å²) in [6, 6.07) is 35.6. The second-order valence-electron chi connectivity index (χ2n) is 11.8. The summed E-state index contributed by atoms with van der Waals surface area (Å²) in [4.78, 5) is 3.44. The molecule has 4 N–H and O–H groups in total. The molecule has 0 aliphatic carbocycles. The molecule has 5 aromatic carbocycles. The Bertz CT molecular complexity index is 2160. The third-order valence-electron chi connectivity index (χ3n) is 8.49. The summed E-state index contributed by atoms with van der Waals surface area (Å²) < 4.78 is 25.7. The van der Waals surface area contributed by atoms with Crippen molar-refractivity contribution in [2.24, 2.45) is 0 Å². The van der Waals surface area contributed by atoms with Gasteiger partial charge in [0.1, 0.15) is 43.5 Å². The molecule has 246 valence electrons. The van der Waals surface area contributed by atoms with Gasteiger partial charge in [0.2, 0.25) is 0 Å². The third-order valence-corrected chi connectivity index (χ3v) is 8.49. The first-order valence-electron chi connectivity index (χ1n) is 16.2. The maximum Gasteiger partial charge on any atom is 0.161 e. The van der Waals surface area contributed by atoms with Crippen molar-refractivity contribution >= 4 is 43.6 Å². The molecule has 0 radical (unpaired) electrons. The molecule has 2 atom stereocenters. The Morgan fingerprint density at radius 1 is 0.625 bits per heavy atom. The van der Waals surface area contributed by atoms with Gasteiger partial charge in [-0.3, -0.25) is 0 Å². The molecule has 48 heavy (non-hydrogen) atoms. The van der Waals surface area contributed by atoms with Gasteiger partial charge in [-0.25, -0.2) is 0 Å². The van der Waals surface area contributed by atoms with Gasteiger partial charge in [0.05, 0.1) is 24.7 Å². The SMILES string of the molecule is COc1ccccc1OCCNC[C@@H](O)COc1cccc2c1c1ccccc1n2C[C@@H](O)COc1cccc2[nH]c3ccccc3c12. The first-order chi connectivity index (χ1) is 23.6. The number of hydrogen-bond acceptors (Lipinski definition) is 7. The van der Waals surface area contributed by atoms with Crippen LogP contribution in [-0.2, 0) is 6.54 Å². The van der Waals surface area contributed by atoms with E-state index in [9.17, 15) is 10.2 Å². The van der Waals surface area contributed by atoms with E-state index in [2.05, 4.69) is 27.0 Å². The highest BCUT2D eigenvalue weighted by molar-refractivity contribution is 6.11. The molecule has 0 amide bonds. The molecule has 0 unspecified atom stereocenters. The van der Waals surface area contributed by atoms with E-state index in [1.165, 1.54) is 0 Å². The van der Waals surface area contributed by atoms with Crippen LogP contribution in [0.4, 0.5) is 0 Å². The summed E-state index contributed by atoms with van der Waals surface area (Å²) in [7, 11) is 1.61. The molecule has 2 aromatic heterocycles.